The van der Waals surface area contributed by atoms with Crippen molar-refractivity contribution in [2.75, 3.05) is 0 Å². The van der Waals surface area contributed by atoms with Crippen LogP contribution in [-0.2, 0) is 16.1 Å². The summed E-state index contributed by atoms with van der Waals surface area (Å²) in [7, 11) is 0. The molecule has 0 atom stereocenters. The zero-order valence-electron chi connectivity index (χ0n) is 5.79. The predicted octanol–water partition coefficient (Wildman–Crippen LogP) is 2.12. The van der Waals surface area contributed by atoms with Crippen molar-refractivity contribution < 1.29 is 9.53 Å². The van der Waals surface area contributed by atoms with Crippen LogP contribution in [0.1, 0.15) is 5.56 Å². The molecule has 0 saturated carbocycles. The van der Waals surface area contributed by atoms with Crippen LogP contribution in [0.5, 0.6) is 0 Å². The fourth-order valence-corrected chi connectivity index (χ4v) is 1.20. The normalized spacial score (nSPS) is 9.18. The molecule has 11 heavy (non-hydrogen) atoms. The summed E-state index contributed by atoms with van der Waals surface area (Å²) in [6.45, 7) is 0.782. The second-order valence-electron chi connectivity index (χ2n) is 2.04. The molecule has 0 aliphatic heterocycles. The summed E-state index contributed by atoms with van der Waals surface area (Å²) in [4.78, 5) is 9.83. The predicted molar refractivity (Wildman–Crippen MR) is 45.0 cm³/mol. The Bertz CT molecular complexity index is 248. The van der Waals surface area contributed by atoms with Gasteiger partial charge in [-0.3, -0.25) is 4.79 Å². The lowest BCUT2D eigenvalue weighted by molar-refractivity contribution is -0.129. The van der Waals surface area contributed by atoms with Crippen molar-refractivity contribution in [3.05, 3.63) is 34.3 Å². The first kappa shape index (κ1) is 8.27. The van der Waals surface area contributed by atoms with Crippen LogP contribution >= 0.6 is 15.9 Å². The number of halogens is 1. The van der Waals surface area contributed by atoms with Crippen LogP contribution in [0.2, 0.25) is 0 Å². The van der Waals surface area contributed by atoms with E-state index in [1.54, 1.807) is 0 Å². The van der Waals surface area contributed by atoms with Gasteiger partial charge in [0, 0.05) is 4.47 Å². The summed E-state index contributed by atoms with van der Waals surface area (Å²) in [5.41, 5.74) is 0.978. The molecule has 0 N–H and O–H groups in total. The minimum atomic E-state index is 0.336. The van der Waals surface area contributed by atoms with E-state index in [1.165, 1.54) is 0 Å². The molecular formula is C8H7BrO2. The van der Waals surface area contributed by atoms with Crippen LogP contribution in [0.3, 0.4) is 0 Å². The first-order valence-corrected chi connectivity index (χ1v) is 3.92. The van der Waals surface area contributed by atoms with Crippen molar-refractivity contribution in [3.63, 3.8) is 0 Å². The minimum Gasteiger partial charge on any atom is -0.463 e. The molecule has 1 aromatic rings. The molecule has 58 valence electrons. The Labute approximate surface area is 73.3 Å². The van der Waals surface area contributed by atoms with Gasteiger partial charge in [0.2, 0.25) is 0 Å². The number of hydrogen-bond acceptors (Lipinski definition) is 2. The number of carbonyl (C=O) groups is 1. The van der Waals surface area contributed by atoms with Gasteiger partial charge in [0.1, 0.15) is 6.61 Å². The third kappa shape index (κ3) is 2.72. The molecule has 0 saturated heterocycles. The summed E-state index contributed by atoms with van der Waals surface area (Å²) in [6, 6.07) is 7.62. The van der Waals surface area contributed by atoms with Gasteiger partial charge in [-0.25, -0.2) is 0 Å². The average Bonchev–Trinajstić information content (AvgIpc) is 2.01. The highest BCUT2D eigenvalue weighted by atomic mass is 79.9. The molecule has 0 unspecified atom stereocenters. The van der Waals surface area contributed by atoms with E-state index >= 15 is 0 Å². The Balaban J connectivity index is 2.63. The summed E-state index contributed by atoms with van der Waals surface area (Å²) in [6.07, 6.45) is 0. The first-order chi connectivity index (χ1) is 5.33. The van der Waals surface area contributed by atoms with E-state index in [2.05, 4.69) is 20.7 Å². The summed E-state index contributed by atoms with van der Waals surface area (Å²) >= 11 is 3.31. The lowest BCUT2D eigenvalue weighted by atomic mass is 10.2. The molecule has 0 aromatic heterocycles. The fourth-order valence-electron chi connectivity index (χ4n) is 0.757. The molecule has 1 aromatic carbocycles. The highest BCUT2D eigenvalue weighted by molar-refractivity contribution is 9.10. The smallest absolute Gasteiger partial charge is 0.293 e. The van der Waals surface area contributed by atoms with Gasteiger partial charge in [0.15, 0.2) is 0 Å². The highest BCUT2D eigenvalue weighted by Crippen LogP contribution is 2.11. The molecule has 0 fully saturated rings. The molecule has 0 aliphatic carbocycles. The SMILES string of the molecule is O=COCc1cccc(Br)c1. The van der Waals surface area contributed by atoms with E-state index < -0.39 is 0 Å². The van der Waals surface area contributed by atoms with Crippen molar-refractivity contribution in [2.45, 2.75) is 6.61 Å². The van der Waals surface area contributed by atoms with E-state index in [0.717, 1.165) is 10.0 Å². The molecule has 0 heterocycles. The van der Waals surface area contributed by atoms with Crippen molar-refractivity contribution in [1.82, 2.24) is 0 Å². The van der Waals surface area contributed by atoms with Crippen molar-refractivity contribution in [3.8, 4) is 0 Å². The zero-order chi connectivity index (χ0) is 8.10. The Morgan fingerprint density at radius 2 is 2.36 bits per heavy atom. The van der Waals surface area contributed by atoms with Crippen LogP contribution in [0.4, 0.5) is 0 Å². The summed E-state index contributed by atoms with van der Waals surface area (Å²) in [5, 5.41) is 0. The number of rotatable bonds is 3. The van der Waals surface area contributed by atoms with E-state index in [1.807, 2.05) is 24.3 Å². The summed E-state index contributed by atoms with van der Waals surface area (Å²) in [5.74, 6) is 0. The first-order valence-electron chi connectivity index (χ1n) is 3.12. The van der Waals surface area contributed by atoms with E-state index in [9.17, 15) is 4.79 Å². The molecule has 3 heteroatoms. The molecule has 0 radical (unpaired) electrons. The Hall–Kier alpha value is -0.830. The standard InChI is InChI=1S/C8H7BrO2/c9-8-3-1-2-7(4-8)5-11-6-10/h1-4,6H,5H2. The van der Waals surface area contributed by atoms with Gasteiger partial charge in [-0.05, 0) is 17.7 Å². The van der Waals surface area contributed by atoms with Crippen molar-refractivity contribution in [1.29, 1.82) is 0 Å². The third-order valence-electron chi connectivity index (χ3n) is 1.21. The Morgan fingerprint density at radius 3 is 3.00 bits per heavy atom. The zero-order valence-corrected chi connectivity index (χ0v) is 7.37. The van der Waals surface area contributed by atoms with Crippen molar-refractivity contribution >= 4 is 22.4 Å². The molecule has 0 amide bonds. The molecule has 0 aliphatic rings. The van der Waals surface area contributed by atoms with Crippen LogP contribution < -0.4 is 0 Å². The summed E-state index contributed by atoms with van der Waals surface area (Å²) < 4.78 is 5.56. The average molecular weight is 215 g/mol. The second kappa shape index (κ2) is 4.13. The maximum absolute atomic E-state index is 9.83. The second-order valence-corrected chi connectivity index (χ2v) is 2.95. The van der Waals surface area contributed by atoms with Crippen LogP contribution in [0.25, 0.3) is 0 Å². The van der Waals surface area contributed by atoms with Crippen LogP contribution in [0.15, 0.2) is 28.7 Å². The number of hydrogen-bond donors (Lipinski definition) is 0. The monoisotopic (exact) mass is 214 g/mol. The minimum absolute atomic E-state index is 0.336. The lowest BCUT2D eigenvalue weighted by Crippen LogP contribution is -1.88. The largest absolute Gasteiger partial charge is 0.463 e. The quantitative estimate of drug-likeness (QED) is 0.722. The Morgan fingerprint density at radius 1 is 1.55 bits per heavy atom. The van der Waals surface area contributed by atoms with Gasteiger partial charge in [-0.15, -0.1) is 0 Å². The maximum atomic E-state index is 9.83. The van der Waals surface area contributed by atoms with E-state index in [0.29, 0.717) is 13.1 Å². The van der Waals surface area contributed by atoms with Gasteiger partial charge in [-0.1, -0.05) is 28.1 Å². The maximum Gasteiger partial charge on any atom is 0.293 e. The van der Waals surface area contributed by atoms with Gasteiger partial charge in [0.25, 0.3) is 6.47 Å². The molecule has 1 rings (SSSR count). The van der Waals surface area contributed by atoms with Crippen LogP contribution in [0, 0.1) is 0 Å². The molecule has 2 nitrogen and oxygen atoms in total. The third-order valence-corrected chi connectivity index (χ3v) is 1.70. The lowest BCUT2D eigenvalue weighted by Gasteiger charge is -1.98. The number of benzene rings is 1. The topological polar surface area (TPSA) is 26.3 Å². The number of ether oxygens (including phenoxy) is 1. The van der Waals surface area contributed by atoms with Crippen molar-refractivity contribution in [2.24, 2.45) is 0 Å². The Kier molecular flexibility index (Phi) is 3.11. The molecule has 0 bridgehead atoms. The van der Waals surface area contributed by atoms with Gasteiger partial charge in [0.05, 0.1) is 0 Å². The molecule has 0 spiro atoms. The highest BCUT2D eigenvalue weighted by Gasteiger charge is 1.92. The van der Waals surface area contributed by atoms with E-state index in [-0.39, 0.29) is 0 Å². The van der Waals surface area contributed by atoms with Gasteiger partial charge in [-0.2, -0.15) is 0 Å². The van der Waals surface area contributed by atoms with Gasteiger partial charge >= 0.3 is 0 Å². The van der Waals surface area contributed by atoms with Crippen LogP contribution in [-0.4, -0.2) is 6.47 Å². The molecular weight excluding hydrogens is 208 g/mol. The van der Waals surface area contributed by atoms with E-state index in [4.69, 9.17) is 0 Å². The van der Waals surface area contributed by atoms with Gasteiger partial charge < -0.3 is 4.74 Å². The fraction of sp³-hybridized carbons (Fsp3) is 0.125. The number of carbonyl (C=O) groups excluding carboxylic acids is 1.